The Kier molecular flexibility index (Phi) is 3.34. The van der Waals surface area contributed by atoms with Crippen LogP contribution in [0.3, 0.4) is 0 Å². The van der Waals surface area contributed by atoms with E-state index in [-0.39, 0.29) is 0 Å². The maximum absolute atomic E-state index is 4.66. The number of hydrogen-bond donors (Lipinski definition) is 1. The minimum Gasteiger partial charge on any atom is -0.310 e. The highest BCUT2D eigenvalue weighted by molar-refractivity contribution is 5.25. The van der Waals surface area contributed by atoms with E-state index < -0.39 is 0 Å². The van der Waals surface area contributed by atoms with Crippen LogP contribution in [-0.4, -0.2) is 20.8 Å². The van der Waals surface area contributed by atoms with Crippen LogP contribution >= 0.6 is 0 Å². The average molecular weight is 256 g/mol. The van der Waals surface area contributed by atoms with Crippen LogP contribution in [0.1, 0.15) is 35.4 Å². The minimum absolute atomic E-state index is 0.738. The third kappa shape index (κ3) is 2.84. The summed E-state index contributed by atoms with van der Waals surface area (Å²) in [5.74, 6) is 0. The molecule has 1 fully saturated rings. The van der Waals surface area contributed by atoms with Crippen molar-refractivity contribution in [2.45, 2.75) is 45.8 Å². The molecule has 1 aliphatic carbocycles. The van der Waals surface area contributed by atoms with E-state index in [1.165, 1.54) is 29.7 Å². The van der Waals surface area contributed by atoms with Gasteiger partial charge in [-0.1, -0.05) is 0 Å². The molecule has 100 valence electrons. The number of aryl methyl sites for hydroxylation is 1. The molecule has 0 saturated heterocycles. The molecule has 1 N–H and O–H groups in total. The zero-order valence-electron chi connectivity index (χ0n) is 11.6. The average Bonchev–Trinajstić information content (AvgIpc) is 3.19. The summed E-state index contributed by atoms with van der Waals surface area (Å²) in [5, 5.41) is 8.23. The van der Waals surface area contributed by atoms with Crippen molar-refractivity contribution in [3.8, 4) is 0 Å². The van der Waals surface area contributed by atoms with E-state index in [1.807, 2.05) is 24.5 Å². The van der Waals surface area contributed by atoms with E-state index in [2.05, 4.69) is 33.9 Å². The van der Waals surface area contributed by atoms with Crippen molar-refractivity contribution in [2.24, 2.45) is 0 Å². The topological polar surface area (TPSA) is 42.7 Å². The van der Waals surface area contributed by atoms with E-state index >= 15 is 0 Å². The molecule has 1 saturated carbocycles. The van der Waals surface area contributed by atoms with Crippen molar-refractivity contribution in [1.29, 1.82) is 0 Å². The number of pyridine rings is 1. The first kappa shape index (κ1) is 12.4. The first-order chi connectivity index (χ1) is 9.24. The molecule has 0 unspecified atom stereocenters. The molecular weight excluding hydrogens is 236 g/mol. The summed E-state index contributed by atoms with van der Waals surface area (Å²) in [6.45, 7) is 6.02. The number of nitrogens with one attached hydrogen (secondary N) is 1. The number of hydrogen-bond acceptors (Lipinski definition) is 3. The van der Waals surface area contributed by atoms with E-state index in [9.17, 15) is 0 Å². The second-order valence-electron chi connectivity index (χ2n) is 5.32. The fourth-order valence-corrected chi connectivity index (χ4v) is 2.34. The van der Waals surface area contributed by atoms with Crippen molar-refractivity contribution in [2.75, 3.05) is 0 Å². The third-order valence-electron chi connectivity index (χ3n) is 3.76. The third-order valence-corrected chi connectivity index (χ3v) is 3.76. The van der Waals surface area contributed by atoms with E-state index in [0.717, 1.165) is 24.8 Å². The van der Waals surface area contributed by atoms with Crippen LogP contribution in [0.2, 0.25) is 0 Å². The van der Waals surface area contributed by atoms with Crippen molar-refractivity contribution in [3.05, 3.63) is 47.0 Å². The first-order valence-electron chi connectivity index (χ1n) is 6.89. The molecule has 2 aromatic rings. The molecule has 4 nitrogen and oxygen atoms in total. The summed E-state index contributed by atoms with van der Waals surface area (Å²) < 4.78 is 2.09. The lowest BCUT2D eigenvalue weighted by Gasteiger charge is -2.06. The molecule has 2 aromatic heterocycles. The molecule has 0 radical (unpaired) electrons. The first-order valence-corrected chi connectivity index (χ1v) is 6.89. The van der Waals surface area contributed by atoms with Gasteiger partial charge < -0.3 is 5.32 Å². The molecule has 2 heterocycles. The van der Waals surface area contributed by atoms with Gasteiger partial charge in [0, 0.05) is 36.2 Å². The van der Waals surface area contributed by atoms with Crippen LogP contribution in [0.5, 0.6) is 0 Å². The lowest BCUT2D eigenvalue weighted by molar-refractivity contribution is 0.651. The van der Waals surface area contributed by atoms with Crippen LogP contribution in [0.4, 0.5) is 0 Å². The van der Waals surface area contributed by atoms with Gasteiger partial charge in [-0.3, -0.25) is 9.67 Å². The van der Waals surface area contributed by atoms with Crippen molar-refractivity contribution in [1.82, 2.24) is 20.1 Å². The van der Waals surface area contributed by atoms with Gasteiger partial charge >= 0.3 is 0 Å². The summed E-state index contributed by atoms with van der Waals surface area (Å²) >= 11 is 0. The van der Waals surface area contributed by atoms with Gasteiger partial charge in [-0.15, -0.1) is 0 Å². The Balaban J connectivity index is 1.76. The maximum Gasteiger partial charge on any atom is 0.0663 e. The highest BCUT2D eigenvalue weighted by atomic mass is 15.3. The largest absolute Gasteiger partial charge is 0.310 e. The Morgan fingerprint density at radius 2 is 2.00 bits per heavy atom. The van der Waals surface area contributed by atoms with E-state index in [0.29, 0.717) is 0 Å². The second kappa shape index (κ2) is 5.13. The second-order valence-corrected chi connectivity index (χ2v) is 5.32. The summed E-state index contributed by atoms with van der Waals surface area (Å²) in [5.41, 5.74) is 4.99. The molecule has 0 amide bonds. The fourth-order valence-electron chi connectivity index (χ4n) is 2.34. The fraction of sp³-hybridized carbons (Fsp3) is 0.467. The molecule has 19 heavy (non-hydrogen) atoms. The van der Waals surface area contributed by atoms with Crippen LogP contribution in [-0.2, 0) is 13.1 Å². The summed E-state index contributed by atoms with van der Waals surface area (Å²) in [4.78, 5) is 4.05. The zero-order valence-corrected chi connectivity index (χ0v) is 11.6. The lowest BCUT2D eigenvalue weighted by Crippen LogP contribution is -2.16. The Bertz CT molecular complexity index is 555. The van der Waals surface area contributed by atoms with Gasteiger partial charge in [0.15, 0.2) is 0 Å². The Morgan fingerprint density at radius 1 is 1.26 bits per heavy atom. The molecule has 0 spiro atoms. The van der Waals surface area contributed by atoms with Crippen LogP contribution in [0.15, 0.2) is 24.5 Å². The highest BCUT2D eigenvalue weighted by Gasteiger charge is 2.21. The van der Waals surface area contributed by atoms with Gasteiger partial charge in [0.1, 0.15) is 0 Å². The summed E-state index contributed by atoms with van der Waals surface area (Å²) in [7, 11) is 0. The number of rotatable bonds is 5. The van der Waals surface area contributed by atoms with Crippen molar-refractivity contribution < 1.29 is 0 Å². The SMILES string of the molecule is Cc1nn(Cc2ccncc2)c(C)c1CNC1CC1. The normalized spacial score (nSPS) is 14.8. The van der Waals surface area contributed by atoms with E-state index in [4.69, 9.17) is 0 Å². The quantitative estimate of drug-likeness (QED) is 0.891. The Labute approximate surface area is 113 Å². The molecule has 0 atom stereocenters. The zero-order chi connectivity index (χ0) is 13.2. The molecule has 3 rings (SSSR count). The van der Waals surface area contributed by atoms with Crippen molar-refractivity contribution >= 4 is 0 Å². The lowest BCUT2D eigenvalue weighted by atomic mass is 10.2. The molecular formula is C15H20N4. The molecule has 0 aliphatic heterocycles. The Hall–Kier alpha value is -1.68. The van der Waals surface area contributed by atoms with Gasteiger partial charge in [0.25, 0.3) is 0 Å². The van der Waals surface area contributed by atoms with E-state index in [1.54, 1.807) is 0 Å². The predicted molar refractivity (Wildman–Crippen MR) is 74.9 cm³/mol. The highest BCUT2D eigenvalue weighted by Crippen LogP contribution is 2.21. The minimum atomic E-state index is 0.738. The van der Waals surface area contributed by atoms with Crippen molar-refractivity contribution in [3.63, 3.8) is 0 Å². The van der Waals surface area contributed by atoms with Crippen LogP contribution < -0.4 is 5.32 Å². The monoisotopic (exact) mass is 256 g/mol. The molecule has 0 aromatic carbocycles. The Morgan fingerprint density at radius 3 is 2.68 bits per heavy atom. The summed E-state index contributed by atoms with van der Waals surface area (Å²) in [6.07, 6.45) is 6.31. The van der Waals surface area contributed by atoms with Gasteiger partial charge in [-0.2, -0.15) is 5.10 Å². The van der Waals surface area contributed by atoms with Gasteiger partial charge in [0.2, 0.25) is 0 Å². The molecule has 0 bridgehead atoms. The molecule has 1 aliphatic rings. The number of nitrogens with zero attached hydrogens (tertiary/aromatic N) is 3. The van der Waals surface area contributed by atoms with Gasteiger partial charge in [-0.05, 0) is 44.4 Å². The van der Waals surface area contributed by atoms with Crippen LogP contribution in [0, 0.1) is 13.8 Å². The maximum atomic E-state index is 4.66. The van der Waals surface area contributed by atoms with Gasteiger partial charge in [-0.25, -0.2) is 0 Å². The molecule has 4 heteroatoms. The summed E-state index contributed by atoms with van der Waals surface area (Å²) in [6, 6.07) is 4.82. The smallest absolute Gasteiger partial charge is 0.0663 e. The standard InChI is InChI=1S/C15H20N4/c1-11-15(9-17-14-3-4-14)12(2)19(18-11)10-13-5-7-16-8-6-13/h5-8,14,17H,3-4,9-10H2,1-2H3. The van der Waals surface area contributed by atoms with Gasteiger partial charge in [0.05, 0.1) is 12.2 Å². The number of aromatic nitrogens is 3. The van der Waals surface area contributed by atoms with Crippen LogP contribution in [0.25, 0.3) is 0 Å². The predicted octanol–water partition coefficient (Wildman–Crippen LogP) is 2.20.